The van der Waals surface area contributed by atoms with Crippen LogP contribution in [0.25, 0.3) is 0 Å². The van der Waals surface area contributed by atoms with Gasteiger partial charge in [-0.2, -0.15) is 0 Å². The molecule has 0 unspecified atom stereocenters. The summed E-state index contributed by atoms with van der Waals surface area (Å²) in [6.45, 7) is 0.251. The van der Waals surface area contributed by atoms with Gasteiger partial charge < -0.3 is 10.5 Å². The van der Waals surface area contributed by atoms with E-state index in [-0.39, 0.29) is 12.3 Å². The first-order valence-electron chi connectivity index (χ1n) is 4.77. The van der Waals surface area contributed by atoms with Crippen LogP contribution < -0.4 is 5.73 Å². The van der Waals surface area contributed by atoms with Crippen molar-refractivity contribution in [3.8, 4) is 0 Å². The first-order chi connectivity index (χ1) is 8.15. The van der Waals surface area contributed by atoms with E-state index in [4.69, 9.17) is 10.5 Å². The molecule has 17 heavy (non-hydrogen) atoms. The highest BCUT2D eigenvalue weighted by Gasteiger charge is 2.09. The number of aromatic nitrogens is 1. The molecule has 0 fully saturated rings. The molecule has 6 heteroatoms. The van der Waals surface area contributed by atoms with Gasteiger partial charge in [-0.05, 0) is 34.1 Å². The molecule has 88 valence electrons. The molecule has 2 aromatic heterocycles. The molecule has 0 spiro atoms. The zero-order valence-electron chi connectivity index (χ0n) is 8.72. The molecule has 2 rings (SSSR count). The minimum atomic E-state index is -0.450. The summed E-state index contributed by atoms with van der Waals surface area (Å²) in [5.74, 6) is -0.450. The van der Waals surface area contributed by atoms with Crippen molar-refractivity contribution < 1.29 is 9.53 Å². The summed E-state index contributed by atoms with van der Waals surface area (Å²) in [6, 6.07) is 5.07. The number of carbonyl (C=O) groups excluding carboxylic acids is 1. The Balaban J connectivity index is 1.95. The van der Waals surface area contributed by atoms with Gasteiger partial charge in [0.05, 0.1) is 11.9 Å². The quantitative estimate of drug-likeness (QED) is 0.885. The first-order valence-corrected chi connectivity index (χ1v) is 6.44. The fourth-order valence-electron chi connectivity index (χ4n) is 1.17. The highest BCUT2D eigenvalue weighted by Crippen LogP contribution is 2.20. The van der Waals surface area contributed by atoms with Gasteiger partial charge >= 0.3 is 5.97 Å². The second-order valence-corrected chi connectivity index (χ2v) is 5.20. The number of nitrogens with two attached hydrogens (primary N) is 1. The summed E-state index contributed by atoms with van der Waals surface area (Å²) < 4.78 is 6.10. The number of hydrogen-bond donors (Lipinski definition) is 1. The summed E-state index contributed by atoms with van der Waals surface area (Å²) in [5.41, 5.74) is 6.25. The van der Waals surface area contributed by atoms with Gasteiger partial charge in [0.15, 0.2) is 0 Å². The molecule has 0 amide bonds. The summed E-state index contributed by atoms with van der Waals surface area (Å²) in [7, 11) is 0. The number of rotatable bonds is 3. The summed E-state index contributed by atoms with van der Waals surface area (Å²) in [4.78, 5) is 16.5. The number of nitrogens with zero attached hydrogens (tertiary/aromatic N) is 1. The number of hydrogen-bond acceptors (Lipinski definition) is 5. The Kier molecular flexibility index (Phi) is 3.75. The molecule has 2 N–H and O–H groups in total. The van der Waals surface area contributed by atoms with Crippen LogP contribution in [0.2, 0.25) is 0 Å². The van der Waals surface area contributed by atoms with Crippen molar-refractivity contribution in [1.29, 1.82) is 0 Å². The van der Waals surface area contributed by atoms with Gasteiger partial charge in [0.25, 0.3) is 0 Å². The lowest BCUT2D eigenvalue weighted by Crippen LogP contribution is -2.06. The molecule has 0 saturated carbocycles. The van der Waals surface area contributed by atoms with Crippen LogP contribution in [0.15, 0.2) is 34.2 Å². The molecule has 0 aliphatic rings. The van der Waals surface area contributed by atoms with E-state index >= 15 is 0 Å². The maximum absolute atomic E-state index is 11.6. The standard InChI is InChI=1S/C11H9BrN2O2S/c12-7-3-9(17-6-7)5-16-11(15)10-2-1-8(13)4-14-10/h1-4,6H,5,13H2. The van der Waals surface area contributed by atoms with Crippen molar-refractivity contribution in [3.63, 3.8) is 0 Å². The predicted molar refractivity (Wildman–Crippen MR) is 69.8 cm³/mol. The zero-order valence-corrected chi connectivity index (χ0v) is 11.1. The number of halogens is 1. The molecule has 0 radical (unpaired) electrons. The Labute approximate surface area is 111 Å². The number of thiophene rings is 1. The van der Waals surface area contributed by atoms with Crippen molar-refractivity contribution in [1.82, 2.24) is 4.98 Å². The highest BCUT2D eigenvalue weighted by atomic mass is 79.9. The lowest BCUT2D eigenvalue weighted by atomic mass is 10.3. The third-order valence-corrected chi connectivity index (χ3v) is 3.63. The van der Waals surface area contributed by atoms with Gasteiger partial charge in [0, 0.05) is 14.7 Å². The number of esters is 1. The normalized spacial score (nSPS) is 10.2. The largest absolute Gasteiger partial charge is 0.455 e. The Bertz CT molecular complexity index is 525. The molecular weight excluding hydrogens is 304 g/mol. The van der Waals surface area contributed by atoms with Crippen LogP contribution in [-0.2, 0) is 11.3 Å². The summed E-state index contributed by atoms with van der Waals surface area (Å²) in [5, 5.41) is 1.94. The third-order valence-electron chi connectivity index (χ3n) is 1.96. The maximum Gasteiger partial charge on any atom is 0.357 e. The van der Waals surface area contributed by atoms with E-state index in [0.29, 0.717) is 5.69 Å². The number of nitrogen functional groups attached to an aromatic ring is 1. The fraction of sp³-hybridized carbons (Fsp3) is 0.0909. The lowest BCUT2D eigenvalue weighted by Gasteiger charge is -2.02. The molecule has 2 aromatic rings. The van der Waals surface area contributed by atoms with Crippen molar-refractivity contribution in [3.05, 3.63) is 44.8 Å². The van der Waals surface area contributed by atoms with Crippen LogP contribution in [0, 0.1) is 0 Å². The second kappa shape index (κ2) is 5.29. The Morgan fingerprint density at radius 3 is 2.94 bits per heavy atom. The van der Waals surface area contributed by atoms with Gasteiger partial charge in [0.1, 0.15) is 12.3 Å². The lowest BCUT2D eigenvalue weighted by molar-refractivity contribution is 0.0470. The van der Waals surface area contributed by atoms with Gasteiger partial charge in [-0.15, -0.1) is 11.3 Å². The molecule has 0 aliphatic heterocycles. The van der Waals surface area contributed by atoms with Gasteiger partial charge in [-0.1, -0.05) is 0 Å². The summed E-state index contributed by atoms with van der Waals surface area (Å²) in [6.07, 6.45) is 1.43. The number of anilines is 1. The fourth-order valence-corrected chi connectivity index (χ4v) is 2.53. The van der Waals surface area contributed by atoms with Crippen LogP contribution in [0.4, 0.5) is 5.69 Å². The second-order valence-electron chi connectivity index (χ2n) is 3.28. The molecule has 0 aliphatic carbocycles. The van der Waals surface area contributed by atoms with Gasteiger partial charge in [-0.3, -0.25) is 0 Å². The van der Waals surface area contributed by atoms with E-state index in [1.165, 1.54) is 17.5 Å². The van der Waals surface area contributed by atoms with Crippen molar-refractivity contribution in [2.24, 2.45) is 0 Å². The van der Waals surface area contributed by atoms with Crippen LogP contribution in [-0.4, -0.2) is 11.0 Å². The molecular formula is C11H9BrN2O2S. The number of ether oxygens (including phenoxy) is 1. The van der Waals surface area contributed by atoms with E-state index in [9.17, 15) is 4.79 Å². The number of pyridine rings is 1. The maximum atomic E-state index is 11.6. The number of carbonyl (C=O) groups is 1. The third kappa shape index (κ3) is 3.28. The average molecular weight is 313 g/mol. The molecule has 4 nitrogen and oxygen atoms in total. The minimum absolute atomic E-state index is 0.251. The summed E-state index contributed by atoms with van der Waals surface area (Å²) >= 11 is 4.86. The first kappa shape index (κ1) is 12.1. The minimum Gasteiger partial charge on any atom is -0.455 e. The highest BCUT2D eigenvalue weighted by molar-refractivity contribution is 9.10. The molecule has 2 heterocycles. The van der Waals surface area contributed by atoms with Crippen LogP contribution in [0.1, 0.15) is 15.4 Å². The predicted octanol–water partition coefficient (Wildman–Crippen LogP) is 2.84. The van der Waals surface area contributed by atoms with Gasteiger partial charge in [-0.25, -0.2) is 9.78 Å². The van der Waals surface area contributed by atoms with E-state index in [1.54, 1.807) is 12.1 Å². The van der Waals surface area contributed by atoms with E-state index in [0.717, 1.165) is 9.35 Å². The Morgan fingerprint density at radius 2 is 2.35 bits per heavy atom. The van der Waals surface area contributed by atoms with Crippen LogP contribution in [0.3, 0.4) is 0 Å². The average Bonchev–Trinajstić information content (AvgIpc) is 2.73. The van der Waals surface area contributed by atoms with Gasteiger partial charge in [0.2, 0.25) is 0 Å². The smallest absolute Gasteiger partial charge is 0.357 e. The molecule has 0 atom stereocenters. The zero-order chi connectivity index (χ0) is 12.3. The van der Waals surface area contributed by atoms with Crippen molar-refractivity contribution in [2.75, 3.05) is 5.73 Å². The monoisotopic (exact) mass is 312 g/mol. The molecule has 0 aromatic carbocycles. The van der Waals surface area contributed by atoms with Crippen molar-refractivity contribution in [2.45, 2.75) is 6.61 Å². The Morgan fingerprint density at radius 1 is 1.53 bits per heavy atom. The van der Waals surface area contributed by atoms with Crippen LogP contribution in [0.5, 0.6) is 0 Å². The van der Waals surface area contributed by atoms with E-state index in [1.807, 2.05) is 11.4 Å². The van der Waals surface area contributed by atoms with E-state index < -0.39 is 5.97 Å². The SMILES string of the molecule is Nc1ccc(C(=O)OCc2cc(Br)cs2)nc1. The van der Waals surface area contributed by atoms with Crippen LogP contribution >= 0.6 is 27.3 Å². The molecule has 0 saturated heterocycles. The van der Waals surface area contributed by atoms with Crippen molar-refractivity contribution >= 4 is 38.9 Å². The topological polar surface area (TPSA) is 65.2 Å². The van der Waals surface area contributed by atoms with E-state index in [2.05, 4.69) is 20.9 Å². The molecule has 0 bridgehead atoms. The Hall–Kier alpha value is -1.40.